The predicted molar refractivity (Wildman–Crippen MR) is 25.5 cm³/mol. The van der Waals surface area contributed by atoms with Crippen molar-refractivity contribution in [3.8, 4) is 0 Å². The summed E-state index contributed by atoms with van der Waals surface area (Å²) in [6.45, 7) is 1.15. The Morgan fingerprint density at radius 2 is 2.50 bits per heavy atom. The normalized spacial score (nSPS) is 8.12. The summed E-state index contributed by atoms with van der Waals surface area (Å²) in [6, 6.07) is 0. The van der Waals surface area contributed by atoms with Crippen molar-refractivity contribution in [1.82, 2.24) is 5.48 Å². The van der Waals surface area contributed by atoms with Crippen LogP contribution in [0.5, 0.6) is 0 Å². The SMILES string of the molecule is CC(=O)ONC[C]=O. The standard InChI is InChI=1S/C4H6NO3/c1-4(7)8-5-2-3-6/h5H,2H2,1H3. The highest BCUT2D eigenvalue weighted by Crippen LogP contribution is 1.64. The van der Waals surface area contributed by atoms with E-state index in [0.717, 1.165) is 0 Å². The van der Waals surface area contributed by atoms with E-state index in [9.17, 15) is 9.59 Å². The van der Waals surface area contributed by atoms with E-state index in [1.807, 2.05) is 0 Å². The van der Waals surface area contributed by atoms with Crippen molar-refractivity contribution in [3.05, 3.63) is 0 Å². The fourth-order valence-electron chi connectivity index (χ4n) is 0.167. The Balaban J connectivity index is 2.93. The molecule has 0 aliphatic rings. The van der Waals surface area contributed by atoms with Crippen molar-refractivity contribution < 1.29 is 14.4 Å². The van der Waals surface area contributed by atoms with Gasteiger partial charge in [-0.15, -0.1) is 5.48 Å². The summed E-state index contributed by atoms with van der Waals surface area (Å²) >= 11 is 0. The largest absolute Gasteiger partial charge is 0.371 e. The topological polar surface area (TPSA) is 55.4 Å². The Labute approximate surface area is 46.8 Å². The maximum atomic E-state index is 9.90. The molecule has 1 radical (unpaired) electrons. The van der Waals surface area contributed by atoms with Gasteiger partial charge in [-0.1, -0.05) is 0 Å². The van der Waals surface area contributed by atoms with Crippen molar-refractivity contribution in [1.29, 1.82) is 0 Å². The molecule has 0 saturated heterocycles. The third-order valence-corrected chi connectivity index (χ3v) is 0.360. The zero-order valence-electron chi connectivity index (χ0n) is 4.43. The maximum Gasteiger partial charge on any atom is 0.321 e. The fraction of sp³-hybridized carbons (Fsp3) is 0.500. The lowest BCUT2D eigenvalue weighted by molar-refractivity contribution is -0.147. The minimum absolute atomic E-state index is 0.0837. The Kier molecular flexibility index (Phi) is 3.78. The summed E-state index contributed by atoms with van der Waals surface area (Å²) in [6.07, 6.45) is 1.48. The molecule has 0 amide bonds. The van der Waals surface area contributed by atoms with Crippen molar-refractivity contribution in [3.63, 3.8) is 0 Å². The molecular weight excluding hydrogens is 110 g/mol. The van der Waals surface area contributed by atoms with Crippen LogP contribution in [0.1, 0.15) is 6.92 Å². The minimum Gasteiger partial charge on any atom is -0.371 e. The monoisotopic (exact) mass is 116 g/mol. The van der Waals surface area contributed by atoms with Crippen molar-refractivity contribution >= 4 is 12.3 Å². The van der Waals surface area contributed by atoms with E-state index in [2.05, 4.69) is 10.3 Å². The van der Waals surface area contributed by atoms with E-state index in [1.165, 1.54) is 13.2 Å². The quantitative estimate of drug-likeness (QED) is 0.386. The number of nitrogens with one attached hydrogen (secondary N) is 1. The number of hydroxylamine groups is 1. The van der Waals surface area contributed by atoms with E-state index in [-0.39, 0.29) is 6.54 Å². The Hall–Kier alpha value is -0.900. The van der Waals surface area contributed by atoms with Crippen LogP contribution in [0.4, 0.5) is 0 Å². The molecule has 45 valence electrons. The maximum absolute atomic E-state index is 9.90. The van der Waals surface area contributed by atoms with Gasteiger partial charge in [-0.05, 0) is 0 Å². The van der Waals surface area contributed by atoms with Gasteiger partial charge in [-0.2, -0.15) is 0 Å². The minimum atomic E-state index is -0.472. The van der Waals surface area contributed by atoms with Gasteiger partial charge in [0.15, 0.2) is 0 Å². The summed E-state index contributed by atoms with van der Waals surface area (Å²) in [5, 5.41) is 0. The molecule has 0 aromatic carbocycles. The van der Waals surface area contributed by atoms with Crippen LogP contribution < -0.4 is 5.48 Å². The molecule has 1 N–H and O–H groups in total. The zero-order chi connectivity index (χ0) is 6.41. The van der Waals surface area contributed by atoms with Gasteiger partial charge in [0.2, 0.25) is 6.29 Å². The number of hydrogen-bond donors (Lipinski definition) is 1. The molecule has 0 atom stereocenters. The van der Waals surface area contributed by atoms with Crippen LogP contribution in [0.25, 0.3) is 0 Å². The second-order valence-electron chi connectivity index (χ2n) is 1.06. The average molecular weight is 116 g/mol. The molecule has 0 fully saturated rings. The highest BCUT2D eigenvalue weighted by atomic mass is 16.7. The number of hydrogen-bond acceptors (Lipinski definition) is 4. The summed E-state index contributed by atoms with van der Waals surface area (Å²) in [5.74, 6) is -0.472. The Bertz CT molecular complexity index is 91.3. The van der Waals surface area contributed by atoms with Crippen LogP contribution >= 0.6 is 0 Å². The molecule has 0 aliphatic heterocycles. The molecule has 4 nitrogen and oxygen atoms in total. The predicted octanol–water partition coefficient (Wildman–Crippen LogP) is -0.836. The summed E-state index contributed by atoms with van der Waals surface area (Å²) in [4.78, 5) is 23.4. The lowest BCUT2D eigenvalue weighted by Gasteiger charge is -1.94. The van der Waals surface area contributed by atoms with Crippen molar-refractivity contribution in [2.45, 2.75) is 6.92 Å². The lowest BCUT2D eigenvalue weighted by atomic mass is 10.8. The van der Waals surface area contributed by atoms with Crippen molar-refractivity contribution in [2.24, 2.45) is 0 Å². The smallest absolute Gasteiger partial charge is 0.321 e. The van der Waals surface area contributed by atoms with E-state index in [4.69, 9.17) is 0 Å². The highest BCUT2D eigenvalue weighted by molar-refractivity contribution is 5.65. The molecular formula is C4H6NO3. The highest BCUT2D eigenvalue weighted by Gasteiger charge is 1.87. The molecule has 0 heterocycles. The molecule has 0 rings (SSSR count). The van der Waals surface area contributed by atoms with Gasteiger partial charge < -0.3 is 4.84 Å². The molecule has 8 heavy (non-hydrogen) atoms. The summed E-state index contributed by atoms with van der Waals surface area (Å²) < 4.78 is 0. The zero-order valence-corrected chi connectivity index (χ0v) is 4.43. The first kappa shape index (κ1) is 7.10. The number of carbonyl (C=O) groups is 1. The molecule has 0 saturated carbocycles. The Morgan fingerprint density at radius 3 is 2.88 bits per heavy atom. The number of rotatable bonds is 3. The average Bonchev–Trinajstić information content (AvgIpc) is 1.66. The van der Waals surface area contributed by atoms with Gasteiger partial charge in [-0.3, -0.25) is 9.59 Å². The third-order valence-electron chi connectivity index (χ3n) is 0.360. The van der Waals surface area contributed by atoms with Crippen LogP contribution in [0.15, 0.2) is 0 Å². The molecule has 0 unspecified atom stereocenters. The fourth-order valence-corrected chi connectivity index (χ4v) is 0.167. The van der Waals surface area contributed by atoms with E-state index < -0.39 is 5.97 Å². The van der Waals surface area contributed by atoms with Crippen LogP contribution in [-0.4, -0.2) is 18.8 Å². The molecule has 4 heteroatoms. The molecule has 0 aliphatic carbocycles. The second kappa shape index (κ2) is 4.26. The summed E-state index contributed by atoms with van der Waals surface area (Å²) in [7, 11) is 0. The molecule has 0 aromatic heterocycles. The van der Waals surface area contributed by atoms with Crippen LogP contribution in [0.2, 0.25) is 0 Å². The van der Waals surface area contributed by atoms with Crippen LogP contribution in [-0.2, 0) is 14.4 Å². The van der Waals surface area contributed by atoms with Gasteiger partial charge in [0.1, 0.15) is 0 Å². The van der Waals surface area contributed by atoms with Crippen LogP contribution in [0.3, 0.4) is 0 Å². The first-order valence-corrected chi connectivity index (χ1v) is 2.02. The lowest BCUT2D eigenvalue weighted by Crippen LogP contribution is -2.19. The molecule has 0 spiro atoms. The van der Waals surface area contributed by atoms with E-state index >= 15 is 0 Å². The first-order valence-electron chi connectivity index (χ1n) is 2.02. The van der Waals surface area contributed by atoms with Gasteiger partial charge >= 0.3 is 5.97 Å². The van der Waals surface area contributed by atoms with Gasteiger partial charge in [0, 0.05) is 6.92 Å². The number of carbonyl (C=O) groups excluding carboxylic acids is 2. The second-order valence-corrected chi connectivity index (χ2v) is 1.06. The van der Waals surface area contributed by atoms with Crippen LogP contribution in [0, 0.1) is 0 Å². The van der Waals surface area contributed by atoms with E-state index in [1.54, 1.807) is 0 Å². The van der Waals surface area contributed by atoms with Gasteiger partial charge in [0.05, 0.1) is 6.54 Å². The van der Waals surface area contributed by atoms with Gasteiger partial charge in [-0.25, -0.2) is 0 Å². The summed E-state index contributed by atoms with van der Waals surface area (Å²) in [5.41, 5.74) is 2.06. The van der Waals surface area contributed by atoms with E-state index in [0.29, 0.717) is 0 Å². The van der Waals surface area contributed by atoms with Gasteiger partial charge in [0.25, 0.3) is 0 Å². The third kappa shape index (κ3) is 5.10. The first-order chi connectivity index (χ1) is 3.77. The molecule has 0 aromatic rings. The Morgan fingerprint density at radius 1 is 1.88 bits per heavy atom. The molecule has 0 bridgehead atoms. The van der Waals surface area contributed by atoms with Crippen molar-refractivity contribution in [2.75, 3.05) is 6.54 Å².